The van der Waals surface area contributed by atoms with Crippen molar-refractivity contribution < 1.29 is 14.7 Å². The van der Waals surface area contributed by atoms with E-state index in [1.165, 1.54) is 0 Å². The number of nitriles is 1. The van der Waals surface area contributed by atoms with Crippen LogP contribution in [0, 0.1) is 11.3 Å². The van der Waals surface area contributed by atoms with E-state index < -0.39 is 5.91 Å². The van der Waals surface area contributed by atoms with Gasteiger partial charge in [-0.2, -0.15) is 5.26 Å². The molecule has 0 bridgehead atoms. The molecule has 0 fully saturated rings. The summed E-state index contributed by atoms with van der Waals surface area (Å²) in [7, 11) is 0. The number of hydroxylamine groups is 1. The van der Waals surface area contributed by atoms with E-state index in [0.717, 1.165) is 5.56 Å². The van der Waals surface area contributed by atoms with Gasteiger partial charge in [0, 0.05) is 11.1 Å². The number of nitrogens with zero attached hydrogens (tertiary/aromatic N) is 1. The van der Waals surface area contributed by atoms with Gasteiger partial charge >= 0.3 is 0 Å². The summed E-state index contributed by atoms with van der Waals surface area (Å²) >= 11 is 0. The highest BCUT2D eigenvalue weighted by atomic mass is 16.5. The standard InChI is InChI=1S/C15H11N3O3/c16-8-9-1-3-10(4-2-9)15-17-12-7-11(14(19)18-20)5-6-13(12)21-15/h1-7,15,17,20H,(H,18,19). The molecule has 0 spiro atoms. The maximum Gasteiger partial charge on any atom is 0.274 e. The molecule has 0 aliphatic carbocycles. The molecular weight excluding hydrogens is 270 g/mol. The Kier molecular flexibility index (Phi) is 3.18. The Labute approximate surface area is 120 Å². The molecule has 2 aromatic rings. The van der Waals surface area contributed by atoms with Crippen LogP contribution in [-0.4, -0.2) is 11.1 Å². The topological polar surface area (TPSA) is 94.4 Å². The minimum atomic E-state index is -0.582. The molecule has 1 aliphatic heterocycles. The molecule has 0 saturated heterocycles. The molecule has 21 heavy (non-hydrogen) atoms. The highest BCUT2D eigenvalue weighted by Crippen LogP contribution is 2.38. The van der Waals surface area contributed by atoms with Gasteiger partial charge < -0.3 is 10.1 Å². The summed E-state index contributed by atoms with van der Waals surface area (Å²) in [6, 6.07) is 13.9. The van der Waals surface area contributed by atoms with Crippen molar-refractivity contribution in [2.45, 2.75) is 6.23 Å². The van der Waals surface area contributed by atoms with Crippen molar-refractivity contribution in [3.05, 3.63) is 59.2 Å². The molecule has 1 amide bonds. The highest BCUT2D eigenvalue weighted by Gasteiger charge is 2.24. The van der Waals surface area contributed by atoms with Crippen LogP contribution in [0.1, 0.15) is 27.7 Å². The second-order valence-electron chi connectivity index (χ2n) is 4.53. The van der Waals surface area contributed by atoms with Gasteiger partial charge in [0.05, 0.1) is 17.3 Å². The highest BCUT2D eigenvalue weighted by molar-refractivity contribution is 5.95. The van der Waals surface area contributed by atoms with Crippen LogP contribution in [0.5, 0.6) is 5.75 Å². The molecule has 1 heterocycles. The van der Waals surface area contributed by atoms with Crippen molar-refractivity contribution in [3.63, 3.8) is 0 Å². The van der Waals surface area contributed by atoms with Gasteiger partial charge in [-0.1, -0.05) is 12.1 Å². The average Bonchev–Trinajstić information content (AvgIpc) is 2.97. The van der Waals surface area contributed by atoms with Gasteiger partial charge in [-0.3, -0.25) is 10.0 Å². The Morgan fingerprint density at radius 1 is 1.29 bits per heavy atom. The third kappa shape index (κ3) is 2.38. The van der Waals surface area contributed by atoms with E-state index in [-0.39, 0.29) is 6.23 Å². The number of amides is 1. The molecule has 6 nitrogen and oxygen atoms in total. The van der Waals surface area contributed by atoms with Gasteiger partial charge in [-0.25, -0.2) is 5.48 Å². The second kappa shape index (κ2) is 5.15. The summed E-state index contributed by atoms with van der Waals surface area (Å²) in [6.45, 7) is 0. The summed E-state index contributed by atoms with van der Waals surface area (Å²) in [5, 5.41) is 20.6. The number of rotatable bonds is 2. The first-order valence-corrected chi connectivity index (χ1v) is 6.23. The summed E-state index contributed by atoms with van der Waals surface area (Å²) < 4.78 is 5.75. The van der Waals surface area contributed by atoms with Gasteiger partial charge in [0.2, 0.25) is 0 Å². The van der Waals surface area contributed by atoms with Crippen molar-refractivity contribution >= 4 is 11.6 Å². The normalized spacial score (nSPS) is 15.3. The molecule has 2 aromatic carbocycles. The molecule has 0 saturated carbocycles. The largest absolute Gasteiger partial charge is 0.464 e. The maximum atomic E-state index is 11.4. The molecule has 6 heteroatoms. The third-order valence-electron chi connectivity index (χ3n) is 3.22. The fourth-order valence-corrected chi connectivity index (χ4v) is 2.13. The van der Waals surface area contributed by atoms with Crippen LogP contribution in [0.2, 0.25) is 0 Å². The zero-order valence-electron chi connectivity index (χ0n) is 10.8. The summed E-state index contributed by atoms with van der Waals surface area (Å²) in [6.07, 6.45) is -0.375. The van der Waals surface area contributed by atoms with Crippen LogP contribution in [-0.2, 0) is 0 Å². The third-order valence-corrected chi connectivity index (χ3v) is 3.22. The van der Waals surface area contributed by atoms with Crippen LogP contribution in [0.4, 0.5) is 5.69 Å². The second-order valence-corrected chi connectivity index (χ2v) is 4.53. The van der Waals surface area contributed by atoms with Gasteiger partial charge in [0.25, 0.3) is 5.91 Å². The van der Waals surface area contributed by atoms with E-state index >= 15 is 0 Å². The zero-order valence-corrected chi connectivity index (χ0v) is 10.8. The molecule has 1 atom stereocenters. The fourth-order valence-electron chi connectivity index (χ4n) is 2.13. The Morgan fingerprint density at radius 3 is 2.71 bits per heavy atom. The van der Waals surface area contributed by atoms with Gasteiger partial charge in [0.1, 0.15) is 5.75 Å². The predicted molar refractivity (Wildman–Crippen MR) is 73.8 cm³/mol. The van der Waals surface area contributed by atoms with Crippen LogP contribution in [0.25, 0.3) is 0 Å². The minimum Gasteiger partial charge on any atom is -0.464 e. The molecule has 0 aromatic heterocycles. The van der Waals surface area contributed by atoms with E-state index in [1.54, 1.807) is 35.8 Å². The van der Waals surface area contributed by atoms with Gasteiger partial charge in [-0.05, 0) is 30.3 Å². The van der Waals surface area contributed by atoms with Crippen molar-refractivity contribution in [3.8, 4) is 11.8 Å². The van der Waals surface area contributed by atoms with E-state index in [1.807, 2.05) is 12.1 Å². The molecular formula is C15H11N3O3. The number of hydrogen-bond acceptors (Lipinski definition) is 5. The number of nitrogens with one attached hydrogen (secondary N) is 2. The summed E-state index contributed by atoms with van der Waals surface area (Å²) in [4.78, 5) is 11.4. The monoisotopic (exact) mass is 281 g/mol. The predicted octanol–water partition coefficient (Wildman–Crippen LogP) is 2.18. The first-order chi connectivity index (χ1) is 10.2. The van der Waals surface area contributed by atoms with Crippen LogP contribution < -0.4 is 15.5 Å². The molecule has 1 unspecified atom stereocenters. The number of benzene rings is 2. The van der Waals surface area contributed by atoms with Crippen molar-refractivity contribution in [1.29, 1.82) is 5.26 Å². The lowest BCUT2D eigenvalue weighted by Gasteiger charge is -2.11. The number of fused-ring (bicyclic) bond motifs is 1. The summed E-state index contributed by atoms with van der Waals surface area (Å²) in [5.74, 6) is 0.0419. The zero-order chi connectivity index (χ0) is 14.8. The number of hydrogen-bond donors (Lipinski definition) is 3. The lowest BCUT2D eigenvalue weighted by Crippen LogP contribution is -2.18. The smallest absolute Gasteiger partial charge is 0.274 e. The van der Waals surface area contributed by atoms with Gasteiger partial charge in [0.15, 0.2) is 6.23 Å². The minimum absolute atomic E-state index is 0.327. The average molecular weight is 281 g/mol. The van der Waals surface area contributed by atoms with Crippen molar-refractivity contribution in [2.24, 2.45) is 0 Å². The SMILES string of the molecule is N#Cc1ccc(C2Nc3cc(C(=O)NO)ccc3O2)cc1. The Hall–Kier alpha value is -3.04. The van der Waals surface area contributed by atoms with Crippen LogP contribution in [0.3, 0.4) is 0 Å². The lowest BCUT2D eigenvalue weighted by atomic mass is 10.1. The first-order valence-electron chi connectivity index (χ1n) is 6.23. The number of ether oxygens (including phenoxy) is 1. The van der Waals surface area contributed by atoms with Gasteiger partial charge in [-0.15, -0.1) is 0 Å². The first kappa shape index (κ1) is 13.0. The van der Waals surface area contributed by atoms with Crippen molar-refractivity contribution in [1.82, 2.24) is 5.48 Å². The Bertz CT molecular complexity index is 735. The number of anilines is 1. The lowest BCUT2D eigenvalue weighted by molar-refractivity contribution is 0.0706. The Morgan fingerprint density at radius 2 is 2.05 bits per heavy atom. The quantitative estimate of drug-likeness (QED) is 0.579. The molecule has 0 radical (unpaired) electrons. The van der Waals surface area contributed by atoms with E-state index in [4.69, 9.17) is 15.2 Å². The number of carbonyl (C=O) groups is 1. The van der Waals surface area contributed by atoms with E-state index in [2.05, 4.69) is 11.4 Å². The molecule has 1 aliphatic rings. The Balaban J connectivity index is 1.83. The van der Waals surface area contributed by atoms with Crippen molar-refractivity contribution in [2.75, 3.05) is 5.32 Å². The maximum absolute atomic E-state index is 11.4. The molecule has 3 rings (SSSR count). The van der Waals surface area contributed by atoms with E-state index in [9.17, 15) is 4.79 Å². The molecule has 104 valence electrons. The fraction of sp³-hybridized carbons (Fsp3) is 0.0667. The summed E-state index contributed by atoms with van der Waals surface area (Å²) in [5.41, 5.74) is 4.04. The number of carbonyl (C=O) groups excluding carboxylic acids is 1. The van der Waals surface area contributed by atoms with Crippen LogP contribution >= 0.6 is 0 Å². The van der Waals surface area contributed by atoms with Crippen LogP contribution in [0.15, 0.2) is 42.5 Å². The molecule has 3 N–H and O–H groups in total. The van der Waals surface area contributed by atoms with E-state index in [0.29, 0.717) is 22.6 Å².